The molecule has 1 spiro atoms. The minimum atomic E-state index is -0.638. The molecule has 8 nitrogen and oxygen atoms in total. The maximum absolute atomic E-state index is 12.8. The first-order valence-corrected chi connectivity index (χ1v) is 7.90. The molecule has 2 aliphatic rings. The normalized spacial score (nSPS) is 26.2. The van der Waals surface area contributed by atoms with Gasteiger partial charge >= 0.3 is 0 Å². The van der Waals surface area contributed by atoms with Gasteiger partial charge in [0.25, 0.3) is 11.5 Å². The van der Waals surface area contributed by atoms with E-state index in [1.807, 2.05) is 0 Å². The first kappa shape index (κ1) is 16.7. The van der Waals surface area contributed by atoms with Crippen molar-refractivity contribution in [2.24, 2.45) is 5.73 Å². The van der Waals surface area contributed by atoms with E-state index in [0.717, 1.165) is 17.4 Å². The van der Waals surface area contributed by atoms with E-state index in [-0.39, 0.29) is 24.1 Å². The number of ether oxygens (including phenoxy) is 2. The Bertz CT molecular complexity index is 708. The second kappa shape index (κ2) is 6.37. The molecule has 1 aromatic heterocycles. The van der Waals surface area contributed by atoms with Gasteiger partial charge in [0, 0.05) is 26.0 Å². The molecule has 2 aliphatic heterocycles. The molecule has 0 radical (unpaired) electrons. The lowest BCUT2D eigenvalue weighted by Gasteiger charge is -2.27. The number of carbonyl (C=O) groups excluding carboxylic acids is 2. The highest BCUT2D eigenvalue weighted by Crippen LogP contribution is 2.37. The predicted molar refractivity (Wildman–Crippen MR) is 84.5 cm³/mol. The van der Waals surface area contributed by atoms with Crippen LogP contribution in [0, 0.1) is 0 Å². The Balaban J connectivity index is 1.82. The van der Waals surface area contributed by atoms with E-state index in [0.29, 0.717) is 25.3 Å². The maximum atomic E-state index is 12.8. The van der Waals surface area contributed by atoms with Gasteiger partial charge in [0.05, 0.1) is 18.7 Å². The van der Waals surface area contributed by atoms with Crippen molar-refractivity contribution in [1.29, 1.82) is 0 Å². The zero-order chi connectivity index (χ0) is 17.3. The van der Waals surface area contributed by atoms with Crippen LogP contribution in [0.15, 0.2) is 23.1 Å². The van der Waals surface area contributed by atoms with Crippen LogP contribution in [-0.2, 0) is 20.8 Å². The first-order chi connectivity index (χ1) is 11.4. The van der Waals surface area contributed by atoms with Crippen LogP contribution in [0.25, 0.3) is 0 Å². The summed E-state index contributed by atoms with van der Waals surface area (Å²) in [5.74, 6) is -0.858. The third-order valence-corrected chi connectivity index (χ3v) is 4.69. The molecule has 3 heterocycles. The number of aromatic nitrogens is 1. The Morgan fingerprint density at radius 2 is 2.25 bits per heavy atom. The molecule has 3 rings (SSSR count). The molecule has 0 bridgehead atoms. The molecular weight excluding hydrogens is 314 g/mol. The Kier molecular flexibility index (Phi) is 4.42. The average Bonchev–Trinajstić information content (AvgIpc) is 3.16. The third kappa shape index (κ3) is 2.94. The smallest absolute Gasteiger partial charge is 0.255 e. The monoisotopic (exact) mass is 335 g/mol. The molecule has 1 aromatic rings. The van der Waals surface area contributed by atoms with E-state index in [4.69, 9.17) is 15.2 Å². The van der Waals surface area contributed by atoms with Crippen LogP contribution in [0.3, 0.4) is 0 Å². The minimum Gasteiger partial charge on any atom is -0.377 e. The Hall–Kier alpha value is -2.19. The lowest BCUT2D eigenvalue weighted by atomic mass is 9.96. The number of hydrogen-bond acceptors (Lipinski definition) is 5. The van der Waals surface area contributed by atoms with Crippen molar-refractivity contribution in [1.82, 2.24) is 9.47 Å². The molecular formula is C16H21N3O5. The molecule has 2 amide bonds. The highest BCUT2D eigenvalue weighted by molar-refractivity contribution is 5.94. The fourth-order valence-corrected chi connectivity index (χ4v) is 3.53. The number of amides is 2. The number of likely N-dealkylation sites (tertiary alicyclic amines) is 1. The lowest BCUT2D eigenvalue weighted by Crippen LogP contribution is -2.42. The zero-order valence-electron chi connectivity index (χ0n) is 13.6. The van der Waals surface area contributed by atoms with E-state index in [2.05, 4.69) is 0 Å². The minimum absolute atomic E-state index is 0.166. The summed E-state index contributed by atoms with van der Waals surface area (Å²) in [5.41, 5.74) is 4.65. The van der Waals surface area contributed by atoms with Crippen molar-refractivity contribution in [3.63, 3.8) is 0 Å². The molecule has 0 aliphatic carbocycles. The first-order valence-electron chi connectivity index (χ1n) is 7.90. The van der Waals surface area contributed by atoms with Crippen LogP contribution in [0.2, 0.25) is 0 Å². The summed E-state index contributed by atoms with van der Waals surface area (Å²) in [5, 5.41) is 0. The standard InChI is InChI=1S/C16H21N3O5/c1-23-12-8-19(10-16(12)5-2-6-24-16)15(22)11-3-4-14(21)18(7-11)9-13(17)20/h3-4,7,12H,2,5-6,8-10H2,1H3,(H2,17,20)/t12-,16-/m0/s1. The largest absolute Gasteiger partial charge is 0.377 e. The fourth-order valence-electron chi connectivity index (χ4n) is 3.53. The van der Waals surface area contributed by atoms with E-state index in [9.17, 15) is 14.4 Å². The summed E-state index contributed by atoms with van der Waals surface area (Å²) in [7, 11) is 1.62. The predicted octanol–water partition coefficient (Wildman–Crippen LogP) is -0.646. The van der Waals surface area contributed by atoms with Crippen molar-refractivity contribution in [2.75, 3.05) is 26.8 Å². The number of hydrogen-bond donors (Lipinski definition) is 1. The Morgan fingerprint density at radius 1 is 1.46 bits per heavy atom. The third-order valence-electron chi connectivity index (χ3n) is 4.69. The number of nitrogens with zero attached hydrogens (tertiary/aromatic N) is 2. The van der Waals surface area contributed by atoms with Crippen LogP contribution >= 0.6 is 0 Å². The molecule has 0 aromatic carbocycles. The van der Waals surface area contributed by atoms with Gasteiger partial charge in [-0.1, -0.05) is 0 Å². The fraction of sp³-hybridized carbons (Fsp3) is 0.562. The van der Waals surface area contributed by atoms with E-state index >= 15 is 0 Å². The molecule has 2 N–H and O–H groups in total. The van der Waals surface area contributed by atoms with Gasteiger partial charge in [-0.05, 0) is 18.9 Å². The summed E-state index contributed by atoms with van der Waals surface area (Å²) in [6, 6.07) is 2.73. The van der Waals surface area contributed by atoms with Gasteiger partial charge in [-0.3, -0.25) is 14.4 Å². The quantitative estimate of drug-likeness (QED) is 0.788. The highest BCUT2D eigenvalue weighted by Gasteiger charge is 2.51. The van der Waals surface area contributed by atoms with Gasteiger partial charge < -0.3 is 24.7 Å². The van der Waals surface area contributed by atoms with Crippen LogP contribution < -0.4 is 11.3 Å². The number of carbonyl (C=O) groups is 2. The topological polar surface area (TPSA) is 104 Å². The van der Waals surface area contributed by atoms with E-state index in [1.165, 1.54) is 18.3 Å². The summed E-state index contributed by atoms with van der Waals surface area (Å²) < 4.78 is 12.5. The molecule has 2 saturated heterocycles. The van der Waals surface area contributed by atoms with Crippen LogP contribution in [0.4, 0.5) is 0 Å². The second-order valence-electron chi connectivity index (χ2n) is 6.28. The molecule has 2 fully saturated rings. The summed E-state index contributed by atoms with van der Waals surface area (Å²) >= 11 is 0. The van der Waals surface area contributed by atoms with Crippen LogP contribution in [0.5, 0.6) is 0 Å². The maximum Gasteiger partial charge on any atom is 0.255 e. The van der Waals surface area contributed by atoms with Crippen LogP contribution in [0.1, 0.15) is 23.2 Å². The van der Waals surface area contributed by atoms with Crippen molar-refractivity contribution in [2.45, 2.75) is 31.1 Å². The molecule has 0 saturated carbocycles. The van der Waals surface area contributed by atoms with Gasteiger partial charge in [-0.2, -0.15) is 0 Å². The number of pyridine rings is 1. The van der Waals surface area contributed by atoms with Gasteiger partial charge in [-0.15, -0.1) is 0 Å². The van der Waals surface area contributed by atoms with E-state index < -0.39 is 11.5 Å². The van der Waals surface area contributed by atoms with Crippen molar-refractivity contribution in [3.05, 3.63) is 34.2 Å². The van der Waals surface area contributed by atoms with Gasteiger partial charge in [0.15, 0.2) is 0 Å². The van der Waals surface area contributed by atoms with Crippen molar-refractivity contribution >= 4 is 11.8 Å². The lowest BCUT2D eigenvalue weighted by molar-refractivity contribution is -0.118. The Labute approximate surface area is 139 Å². The summed E-state index contributed by atoms with van der Waals surface area (Å²) in [4.78, 5) is 37.2. The van der Waals surface area contributed by atoms with Gasteiger partial charge in [0.2, 0.25) is 5.91 Å². The molecule has 0 unspecified atom stereocenters. The van der Waals surface area contributed by atoms with E-state index in [1.54, 1.807) is 12.0 Å². The Morgan fingerprint density at radius 3 is 2.88 bits per heavy atom. The van der Waals surface area contributed by atoms with Gasteiger partial charge in [0.1, 0.15) is 18.2 Å². The number of methoxy groups -OCH3 is 1. The molecule has 8 heteroatoms. The highest BCUT2D eigenvalue weighted by atomic mass is 16.6. The number of nitrogens with two attached hydrogens (primary N) is 1. The van der Waals surface area contributed by atoms with Gasteiger partial charge in [-0.25, -0.2) is 0 Å². The molecule has 2 atom stereocenters. The van der Waals surface area contributed by atoms with Crippen molar-refractivity contribution in [3.8, 4) is 0 Å². The zero-order valence-corrected chi connectivity index (χ0v) is 13.6. The second-order valence-corrected chi connectivity index (χ2v) is 6.28. The summed E-state index contributed by atoms with van der Waals surface area (Å²) in [6.45, 7) is 1.31. The molecule has 130 valence electrons. The average molecular weight is 335 g/mol. The van der Waals surface area contributed by atoms with Crippen LogP contribution in [-0.4, -0.2) is 59.8 Å². The number of primary amides is 1. The summed E-state index contributed by atoms with van der Waals surface area (Å²) in [6.07, 6.45) is 3.01. The SMILES string of the molecule is CO[C@H]1CN(C(=O)c2ccc(=O)n(CC(N)=O)c2)C[C@@]12CCCO2. The number of rotatable bonds is 4. The molecule has 24 heavy (non-hydrogen) atoms. The van der Waals surface area contributed by atoms with Crippen molar-refractivity contribution < 1.29 is 19.1 Å².